The average Bonchev–Trinajstić information content (AvgIpc) is 2.73. The summed E-state index contributed by atoms with van der Waals surface area (Å²) in [6.45, 7) is 3.71. The summed E-state index contributed by atoms with van der Waals surface area (Å²) in [5.74, 6) is -0.833. The molecule has 0 unspecified atom stereocenters. The average molecular weight is 379 g/mol. The molecule has 1 heterocycles. The van der Waals surface area contributed by atoms with Gasteiger partial charge in [0.05, 0.1) is 5.56 Å². The molecule has 0 saturated heterocycles. The third-order valence-corrected chi connectivity index (χ3v) is 4.82. The Hall–Kier alpha value is -1.92. The van der Waals surface area contributed by atoms with Crippen molar-refractivity contribution in [2.24, 2.45) is 5.73 Å². The summed E-state index contributed by atoms with van der Waals surface area (Å²) in [5, 5.41) is 3.21. The molecule has 2 aromatic rings. The molecule has 1 aromatic heterocycles. The van der Waals surface area contributed by atoms with Crippen LogP contribution < -0.4 is 11.1 Å². The molecule has 114 valence electrons. The first kappa shape index (κ1) is 16.5. The topological polar surface area (TPSA) is 72.2 Å². The molecule has 0 spiro atoms. The zero-order chi connectivity index (χ0) is 16.3. The fourth-order valence-electron chi connectivity index (χ4n) is 1.91. The predicted octanol–water partition coefficient (Wildman–Crippen LogP) is 3.88. The number of anilines is 1. The van der Waals surface area contributed by atoms with Gasteiger partial charge in [-0.25, -0.2) is 0 Å². The van der Waals surface area contributed by atoms with Crippen LogP contribution in [0.3, 0.4) is 0 Å². The van der Waals surface area contributed by atoms with Crippen LogP contribution in [0.5, 0.6) is 0 Å². The first-order chi connectivity index (χ1) is 10.4. The Morgan fingerprint density at radius 3 is 2.45 bits per heavy atom. The highest BCUT2D eigenvalue weighted by atomic mass is 79.9. The van der Waals surface area contributed by atoms with E-state index in [2.05, 4.69) is 21.2 Å². The van der Waals surface area contributed by atoms with Crippen LogP contribution >= 0.6 is 27.3 Å². The van der Waals surface area contributed by atoms with Crippen molar-refractivity contribution in [3.8, 4) is 0 Å². The molecule has 2 rings (SSSR count). The number of primary amides is 1. The maximum atomic E-state index is 12.0. The number of nitrogens with one attached hydrogen (secondary N) is 1. The van der Waals surface area contributed by atoms with E-state index in [-0.39, 0.29) is 5.91 Å². The summed E-state index contributed by atoms with van der Waals surface area (Å²) in [6, 6.07) is 7.58. The van der Waals surface area contributed by atoms with Gasteiger partial charge in [-0.05, 0) is 43.2 Å². The molecule has 3 N–H and O–H groups in total. The zero-order valence-electron chi connectivity index (χ0n) is 12.1. The second-order valence-corrected chi connectivity index (χ2v) is 6.87. The first-order valence-corrected chi connectivity index (χ1v) is 8.14. The Bertz CT molecular complexity index is 748. The van der Waals surface area contributed by atoms with Crippen molar-refractivity contribution in [1.82, 2.24) is 0 Å². The molecule has 0 aliphatic heterocycles. The number of nitrogens with two attached hydrogens (primary N) is 1. The smallest absolute Gasteiger partial charge is 0.251 e. The van der Waals surface area contributed by atoms with Gasteiger partial charge in [-0.2, -0.15) is 0 Å². The minimum Gasteiger partial charge on any atom is -0.365 e. The van der Waals surface area contributed by atoms with E-state index in [1.165, 1.54) is 17.4 Å². The van der Waals surface area contributed by atoms with Gasteiger partial charge in [0, 0.05) is 15.4 Å². The van der Waals surface area contributed by atoms with E-state index >= 15 is 0 Å². The molecule has 4 nitrogen and oxygen atoms in total. The number of carbonyl (C=O) groups excluding carboxylic acids is 2. The Morgan fingerprint density at radius 2 is 1.86 bits per heavy atom. The number of carbonyl (C=O) groups is 2. The summed E-state index contributed by atoms with van der Waals surface area (Å²) < 4.78 is 0.977. The minimum atomic E-state index is -0.533. The van der Waals surface area contributed by atoms with Crippen LogP contribution in [0.15, 0.2) is 34.8 Å². The van der Waals surface area contributed by atoms with E-state index in [4.69, 9.17) is 5.73 Å². The predicted molar refractivity (Wildman–Crippen MR) is 94.1 cm³/mol. The molecule has 0 saturated carbocycles. The molecule has 2 amide bonds. The standard InChI is InChI=1S/C16H15BrN2O2S/c1-9-10(2)22-16(14(9)15(18)21)19-13(20)8-5-11-3-6-12(17)7-4-11/h3-8H,1-2H3,(H2,18,21)(H,19,20)/b8-5-. The molecule has 22 heavy (non-hydrogen) atoms. The highest BCUT2D eigenvalue weighted by Gasteiger charge is 2.18. The summed E-state index contributed by atoms with van der Waals surface area (Å²) >= 11 is 4.70. The van der Waals surface area contributed by atoms with Crippen molar-refractivity contribution in [3.63, 3.8) is 0 Å². The number of thiophene rings is 1. The van der Waals surface area contributed by atoms with Gasteiger partial charge in [0.1, 0.15) is 5.00 Å². The molecular formula is C16H15BrN2O2S. The van der Waals surface area contributed by atoms with E-state index in [0.29, 0.717) is 10.6 Å². The lowest BCUT2D eigenvalue weighted by Crippen LogP contribution is -2.16. The molecule has 6 heteroatoms. The fourth-order valence-corrected chi connectivity index (χ4v) is 3.24. The quantitative estimate of drug-likeness (QED) is 0.792. The van der Waals surface area contributed by atoms with Crippen molar-refractivity contribution in [2.75, 3.05) is 5.32 Å². The molecule has 0 aliphatic rings. The molecule has 0 bridgehead atoms. The number of hydrogen-bond acceptors (Lipinski definition) is 3. The van der Waals surface area contributed by atoms with E-state index in [9.17, 15) is 9.59 Å². The van der Waals surface area contributed by atoms with Crippen molar-refractivity contribution in [3.05, 3.63) is 56.4 Å². The maximum Gasteiger partial charge on any atom is 0.251 e. The van der Waals surface area contributed by atoms with E-state index < -0.39 is 5.91 Å². The second kappa shape index (κ2) is 6.89. The van der Waals surface area contributed by atoms with E-state index in [1.54, 1.807) is 6.08 Å². The normalized spacial score (nSPS) is 10.9. The summed E-state index contributed by atoms with van der Waals surface area (Å²) in [4.78, 5) is 24.5. The SMILES string of the molecule is Cc1sc(NC(=O)/C=C\c2ccc(Br)cc2)c(C(N)=O)c1C. The Kier molecular flexibility index (Phi) is 5.15. The van der Waals surface area contributed by atoms with Gasteiger partial charge in [0.2, 0.25) is 5.91 Å². The van der Waals surface area contributed by atoms with Gasteiger partial charge in [0.25, 0.3) is 5.91 Å². The van der Waals surface area contributed by atoms with Crippen LogP contribution in [0, 0.1) is 13.8 Å². The van der Waals surface area contributed by atoms with Crippen molar-refractivity contribution < 1.29 is 9.59 Å². The zero-order valence-corrected chi connectivity index (χ0v) is 14.5. The van der Waals surface area contributed by atoms with Gasteiger partial charge < -0.3 is 11.1 Å². The number of hydrogen-bond donors (Lipinski definition) is 2. The molecule has 0 aliphatic carbocycles. The van der Waals surface area contributed by atoms with Gasteiger partial charge in [-0.3, -0.25) is 9.59 Å². The maximum absolute atomic E-state index is 12.0. The number of rotatable bonds is 4. The molecular weight excluding hydrogens is 364 g/mol. The van der Waals surface area contributed by atoms with Crippen molar-refractivity contribution in [2.45, 2.75) is 13.8 Å². The fraction of sp³-hybridized carbons (Fsp3) is 0.125. The van der Waals surface area contributed by atoms with Gasteiger partial charge in [-0.15, -0.1) is 11.3 Å². The number of aryl methyl sites for hydroxylation is 1. The van der Waals surface area contributed by atoms with Gasteiger partial charge >= 0.3 is 0 Å². The van der Waals surface area contributed by atoms with Gasteiger partial charge in [0.15, 0.2) is 0 Å². The Morgan fingerprint density at radius 1 is 1.23 bits per heavy atom. The summed E-state index contributed by atoms with van der Waals surface area (Å²) in [7, 11) is 0. The minimum absolute atomic E-state index is 0.299. The third-order valence-electron chi connectivity index (χ3n) is 3.17. The number of benzene rings is 1. The first-order valence-electron chi connectivity index (χ1n) is 6.53. The lowest BCUT2D eigenvalue weighted by molar-refractivity contribution is -0.111. The number of halogens is 1. The number of amides is 2. The Labute approximate surface area is 141 Å². The van der Waals surface area contributed by atoms with Crippen LogP contribution in [0.25, 0.3) is 6.08 Å². The molecule has 0 radical (unpaired) electrons. The van der Waals surface area contributed by atoms with Crippen molar-refractivity contribution >= 4 is 50.2 Å². The molecule has 0 fully saturated rings. The summed E-state index contributed by atoms with van der Waals surface area (Å²) in [5.41, 5.74) is 7.48. The van der Waals surface area contributed by atoms with Crippen LogP contribution in [0.4, 0.5) is 5.00 Å². The van der Waals surface area contributed by atoms with Crippen LogP contribution in [-0.2, 0) is 4.79 Å². The van der Waals surface area contributed by atoms with E-state index in [1.807, 2.05) is 38.1 Å². The Balaban J connectivity index is 2.14. The highest BCUT2D eigenvalue weighted by Crippen LogP contribution is 2.32. The lowest BCUT2D eigenvalue weighted by atomic mass is 10.1. The lowest BCUT2D eigenvalue weighted by Gasteiger charge is -2.02. The van der Waals surface area contributed by atoms with E-state index in [0.717, 1.165) is 20.5 Å². The molecule has 0 atom stereocenters. The third kappa shape index (κ3) is 3.84. The van der Waals surface area contributed by atoms with Crippen LogP contribution in [0.2, 0.25) is 0 Å². The largest absolute Gasteiger partial charge is 0.365 e. The second-order valence-electron chi connectivity index (χ2n) is 4.73. The van der Waals surface area contributed by atoms with Crippen LogP contribution in [0.1, 0.15) is 26.4 Å². The molecule has 1 aromatic carbocycles. The monoisotopic (exact) mass is 378 g/mol. The van der Waals surface area contributed by atoms with Crippen molar-refractivity contribution in [1.29, 1.82) is 0 Å². The highest BCUT2D eigenvalue weighted by molar-refractivity contribution is 9.10. The van der Waals surface area contributed by atoms with Gasteiger partial charge in [-0.1, -0.05) is 28.1 Å². The summed E-state index contributed by atoms with van der Waals surface area (Å²) in [6.07, 6.45) is 3.14. The van der Waals surface area contributed by atoms with Crippen LogP contribution in [-0.4, -0.2) is 11.8 Å².